The average Bonchev–Trinajstić information content (AvgIpc) is 3.23. The predicted octanol–water partition coefficient (Wildman–Crippen LogP) is 3.86. The number of rotatable bonds is 6. The summed E-state index contributed by atoms with van der Waals surface area (Å²) in [5.41, 5.74) is 5.15. The van der Waals surface area contributed by atoms with Crippen LogP contribution in [-0.4, -0.2) is 55.1 Å². The van der Waals surface area contributed by atoms with Crippen LogP contribution < -0.4 is 4.74 Å². The van der Waals surface area contributed by atoms with Crippen LogP contribution in [0.1, 0.15) is 51.6 Å². The Morgan fingerprint density at radius 2 is 1.97 bits per heavy atom. The van der Waals surface area contributed by atoms with Crippen molar-refractivity contribution in [1.82, 2.24) is 4.67 Å². The minimum atomic E-state index is -0.393. The van der Waals surface area contributed by atoms with Crippen LogP contribution in [0.15, 0.2) is 30.3 Å². The molecule has 0 radical (unpaired) electrons. The second-order valence-electron chi connectivity index (χ2n) is 9.77. The van der Waals surface area contributed by atoms with Gasteiger partial charge in [-0.2, -0.15) is 0 Å². The topological polar surface area (TPSA) is 82.1 Å². The molecule has 35 heavy (non-hydrogen) atoms. The molecule has 8 heteroatoms. The van der Waals surface area contributed by atoms with Crippen LogP contribution in [0.4, 0.5) is 0 Å². The van der Waals surface area contributed by atoms with E-state index in [1.54, 1.807) is 13.2 Å². The third kappa shape index (κ3) is 4.65. The van der Waals surface area contributed by atoms with E-state index in [0.29, 0.717) is 30.9 Å². The Morgan fingerprint density at radius 1 is 1.14 bits per heavy atom. The molecule has 2 aliphatic heterocycles. The highest BCUT2D eigenvalue weighted by atomic mass is 31.0. The lowest BCUT2D eigenvalue weighted by Gasteiger charge is -2.26. The second-order valence-corrected chi connectivity index (χ2v) is 10.4. The number of hydrogen-bond donors (Lipinski definition) is 0. The molecule has 0 N–H and O–H groups in total. The first-order valence-electron chi connectivity index (χ1n) is 12.0. The van der Waals surface area contributed by atoms with Gasteiger partial charge in [0.25, 0.3) is 0 Å². The predicted molar refractivity (Wildman–Crippen MR) is 134 cm³/mol. The van der Waals surface area contributed by atoms with Crippen molar-refractivity contribution < 1.29 is 28.6 Å². The Kier molecular flexibility index (Phi) is 6.75. The molecule has 4 atom stereocenters. The van der Waals surface area contributed by atoms with Gasteiger partial charge in [-0.25, -0.2) is 0 Å². The number of carbonyl (C=O) groups is 3. The summed E-state index contributed by atoms with van der Waals surface area (Å²) in [6, 6.07) is 9.04. The lowest BCUT2D eigenvalue weighted by atomic mass is 9.81. The summed E-state index contributed by atoms with van der Waals surface area (Å²) in [7, 11) is 4.21. The van der Waals surface area contributed by atoms with Crippen LogP contribution >= 0.6 is 9.39 Å². The average molecular weight is 496 g/mol. The highest BCUT2D eigenvalue weighted by molar-refractivity contribution is 7.13. The van der Waals surface area contributed by atoms with E-state index in [9.17, 15) is 14.4 Å². The van der Waals surface area contributed by atoms with Crippen LogP contribution in [-0.2, 0) is 27.3 Å². The number of ketones is 2. The van der Waals surface area contributed by atoms with Gasteiger partial charge in [-0.1, -0.05) is 28.4 Å². The maximum atomic E-state index is 12.8. The van der Waals surface area contributed by atoms with E-state index < -0.39 is 5.97 Å². The minimum absolute atomic E-state index is 0.0405. The highest BCUT2D eigenvalue weighted by Gasteiger charge is 2.36. The van der Waals surface area contributed by atoms with Crippen molar-refractivity contribution in [3.63, 3.8) is 0 Å². The summed E-state index contributed by atoms with van der Waals surface area (Å²) in [5, 5.41) is 0. The molecule has 2 unspecified atom stereocenters. The highest BCUT2D eigenvalue weighted by Crippen LogP contribution is 2.41. The zero-order valence-electron chi connectivity index (χ0n) is 20.0. The second kappa shape index (κ2) is 9.81. The fraction of sp³-hybridized carbons (Fsp3) is 0.444. The van der Waals surface area contributed by atoms with Crippen LogP contribution in [0.5, 0.6) is 5.75 Å². The van der Waals surface area contributed by atoms with Gasteiger partial charge < -0.3 is 14.2 Å². The molecular weight excluding hydrogens is 465 g/mol. The first kappa shape index (κ1) is 24.1. The SMILES string of the molecule is COC[C@H]1C[C@@H](C(=O)OCC(=O)c2ccc3c(c2)COc2cc4c(cc2-3)CCC(C)C4=O)N(P)C1. The molecule has 5 rings (SSSR count). The number of Topliss-reactive ketones (excluding diaryl/α,β-unsaturated/α-hetero) is 2. The van der Waals surface area contributed by atoms with E-state index in [-0.39, 0.29) is 36.1 Å². The van der Waals surface area contributed by atoms with Crippen molar-refractivity contribution >= 4 is 26.9 Å². The van der Waals surface area contributed by atoms with Gasteiger partial charge in [0.05, 0.1) is 6.61 Å². The molecule has 1 saturated heterocycles. The largest absolute Gasteiger partial charge is 0.488 e. The molecule has 3 aliphatic rings. The third-order valence-corrected chi connectivity index (χ3v) is 7.88. The molecule has 2 aromatic rings. The number of hydrogen-bond acceptors (Lipinski definition) is 7. The quantitative estimate of drug-likeness (QED) is 0.342. The Morgan fingerprint density at radius 3 is 2.77 bits per heavy atom. The van der Waals surface area contributed by atoms with Crippen molar-refractivity contribution in [3.05, 3.63) is 52.6 Å². The van der Waals surface area contributed by atoms with E-state index in [1.807, 2.05) is 29.8 Å². The standard InChI is InChI=1S/C27H30NO6P/c1-15-3-4-17-9-22-20-6-5-18(8-19(20)13-33-25(22)10-21(17)26(15)30)24(29)14-34-27(31)23-7-16(12-32-2)11-28(23)35/h5-6,8-10,15-16,23H,3-4,7,11-14,35H2,1-2H3/t15?,16-,23-/m0/s1. The monoisotopic (exact) mass is 495 g/mol. The third-order valence-electron chi connectivity index (χ3n) is 7.31. The summed E-state index contributed by atoms with van der Waals surface area (Å²) >= 11 is 0. The van der Waals surface area contributed by atoms with Crippen molar-refractivity contribution in [3.8, 4) is 16.9 Å². The fourth-order valence-corrected chi connectivity index (χ4v) is 5.86. The molecule has 184 valence electrons. The lowest BCUT2D eigenvalue weighted by molar-refractivity contribution is -0.146. The number of methoxy groups -OCH3 is 1. The van der Waals surface area contributed by atoms with Crippen molar-refractivity contribution in [2.45, 2.75) is 38.8 Å². The first-order chi connectivity index (χ1) is 16.9. The van der Waals surface area contributed by atoms with E-state index in [1.165, 1.54) is 0 Å². The molecule has 2 heterocycles. The molecule has 0 spiro atoms. The summed E-state index contributed by atoms with van der Waals surface area (Å²) in [5.74, 6) is 0.544. The maximum Gasteiger partial charge on any atom is 0.324 e. The minimum Gasteiger partial charge on any atom is -0.488 e. The zero-order valence-corrected chi connectivity index (χ0v) is 21.2. The number of nitrogens with zero attached hydrogens (tertiary/aromatic N) is 1. The molecule has 2 aromatic carbocycles. The Labute approximate surface area is 207 Å². The van der Waals surface area contributed by atoms with Crippen molar-refractivity contribution in [2.24, 2.45) is 11.8 Å². The van der Waals surface area contributed by atoms with Gasteiger partial charge in [0.2, 0.25) is 0 Å². The number of carbonyl (C=O) groups excluding carboxylic acids is 3. The van der Waals surface area contributed by atoms with Gasteiger partial charge >= 0.3 is 5.97 Å². The van der Waals surface area contributed by atoms with Gasteiger partial charge in [0.15, 0.2) is 18.2 Å². The number of esters is 1. The Balaban J connectivity index is 1.28. The molecule has 0 bridgehead atoms. The summed E-state index contributed by atoms with van der Waals surface area (Å²) in [4.78, 5) is 38.0. The van der Waals surface area contributed by atoms with Crippen LogP contribution in [0.2, 0.25) is 0 Å². The van der Waals surface area contributed by atoms with Crippen LogP contribution in [0, 0.1) is 11.8 Å². The maximum absolute atomic E-state index is 12.8. The van der Waals surface area contributed by atoms with Gasteiger partial charge in [-0.15, -0.1) is 0 Å². The number of benzene rings is 2. The zero-order chi connectivity index (χ0) is 24.7. The van der Waals surface area contributed by atoms with Crippen molar-refractivity contribution in [1.29, 1.82) is 0 Å². The Bertz CT molecular complexity index is 1190. The molecule has 1 aliphatic carbocycles. The normalized spacial score (nSPS) is 23.2. The fourth-order valence-electron chi connectivity index (χ4n) is 5.32. The molecule has 1 fully saturated rings. The van der Waals surface area contributed by atoms with E-state index >= 15 is 0 Å². The summed E-state index contributed by atoms with van der Waals surface area (Å²) < 4.78 is 18.4. The molecule has 0 aromatic heterocycles. The Hall–Kier alpha value is -2.60. The van der Waals surface area contributed by atoms with Gasteiger partial charge in [-0.3, -0.25) is 19.1 Å². The van der Waals surface area contributed by atoms with E-state index in [2.05, 4.69) is 15.5 Å². The van der Waals surface area contributed by atoms with Gasteiger partial charge in [0, 0.05) is 36.3 Å². The number of aryl methyl sites for hydroxylation is 1. The van der Waals surface area contributed by atoms with Gasteiger partial charge in [-0.05, 0) is 60.1 Å². The first-order valence-corrected chi connectivity index (χ1v) is 12.5. The van der Waals surface area contributed by atoms with Crippen LogP contribution in [0.25, 0.3) is 11.1 Å². The lowest BCUT2D eigenvalue weighted by Crippen LogP contribution is -2.32. The van der Waals surface area contributed by atoms with Gasteiger partial charge in [0.1, 0.15) is 18.4 Å². The molecule has 7 nitrogen and oxygen atoms in total. The van der Waals surface area contributed by atoms with Crippen LogP contribution in [0.3, 0.4) is 0 Å². The van der Waals surface area contributed by atoms with E-state index in [0.717, 1.165) is 47.2 Å². The molecule has 0 saturated carbocycles. The smallest absolute Gasteiger partial charge is 0.324 e. The van der Waals surface area contributed by atoms with E-state index in [4.69, 9.17) is 14.2 Å². The molecular formula is C27H30NO6P. The van der Waals surface area contributed by atoms with Crippen molar-refractivity contribution in [2.75, 3.05) is 26.9 Å². The summed E-state index contributed by atoms with van der Waals surface area (Å²) in [6.45, 7) is 3.31. The number of ether oxygens (including phenoxy) is 3. The molecule has 0 amide bonds. The summed E-state index contributed by atoms with van der Waals surface area (Å²) in [6.07, 6.45) is 2.37. The number of fused-ring (bicyclic) bond motifs is 4.